The van der Waals surface area contributed by atoms with Crippen LogP contribution in [0.15, 0.2) is 0 Å². The molecule has 0 saturated carbocycles. The van der Waals surface area contributed by atoms with Gasteiger partial charge in [0.25, 0.3) is 0 Å². The Morgan fingerprint density at radius 2 is 0.926 bits per heavy atom. The van der Waals surface area contributed by atoms with Gasteiger partial charge in [0, 0.05) is 13.2 Å². The number of hydrogen-bond acceptors (Lipinski definition) is 6. The van der Waals surface area contributed by atoms with Gasteiger partial charge in [0.1, 0.15) is 13.2 Å². The Morgan fingerprint density at radius 3 is 1.37 bits per heavy atom. The van der Waals surface area contributed by atoms with Crippen LogP contribution in [0.1, 0.15) is 84.5 Å². The highest BCUT2D eigenvalue weighted by Crippen LogP contribution is 2.02. The molecule has 0 saturated heterocycles. The Morgan fingerprint density at radius 1 is 0.519 bits per heavy atom. The molecule has 0 aromatic heterocycles. The van der Waals surface area contributed by atoms with E-state index in [0.717, 1.165) is 12.8 Å². The highest BCUT2D eigenvalue weighted by Gasteiger charge is 2.09. The van der Waals surface area contributed by atoms with Gasteiger partial charge in [0.05, 0.1) is 26.1 Å². The Kier molecular flexibility index (Phi) is 20.3. The molecule has 0 aliphatic heterocycles. The molecule has 0 bridgehead atoms. The Hall–Kier alpha value is -1.14. The smallest absolute Gasteiger partial charge is 0.306 e. The van der Waals surface area contributed by atoms with Crippen molar-refractivity contribution in [2.45, 2.75) is 84.5 Å². The van der Waals surface area contributed by atoms with Gasteiger partial charge < -0.3 is 18.9 Å². The number of hydrogen-bond donors (Lipinski definition) is 0. The Balaban J connectivity index is 3.32. The number of ether oxygens (including phenoxy) is 4. The van der Waals surface area contributed by atoms with Crippen LogP contribution in [0.5, 0.6) is 0 Å². The van der Waals surface area contributed by atoms with E-state index in [-0.39, 0.29) is 26.1 Å². The first-order valence-corrected chi connectivity index (χ1v) is 10.7. The minimum absolute atomic E-state index is 0.0353. The Bertz CT molecular complexity index is 346. The maximum absolute atomic E-state index is 11.5. The number of carbonyl (C=O) groups is 2. The summed E-state index contributed by atoms with van der Waals surface area (Å²) in [6, 6.07) is 0. The third kappa shape index (κ3) is 21.0. The molecule has 0 unspecified atom stereocenters. The van der Waals surface area contributed by atoms with Crippen molar-refractivity contribution in [2.24, 2.45) is 0 Å². The molecule has 0 aromatic rings. The molecule has 6 nitrogen and oxygen atoms in total. The average molecular weight is 389 g/mol. The van der Waals surface area contributed by atoms with Crippen molar-refractivity contribution in [2.75, 3.05) is 39.6 Å². The predicted octanol–water partition coefficient (Wildman–Crippen LogP) is 4.44. The van der Waals surface area contributed by atoms with Gasteiger partial charge in [-0.1, -0.05) is 58.8 Å². The molecule has 0 aliphatic rings. The summed E-state index contributed by atoms with van der Waals surface area (Å²) in [6.07, 6.45) is 10.7. The predicted molar refractivity (Wildman–Crippen MR) is 106 cm³/mol. The van der Waals surface area contributed by atoms with Gasteiger partial charge in [-0.3, -0.25) is 9.59 Å². The fourth-order valence-corrected chi connectivity index (χ4v) is 2.42. The molecule has 0 atom stereocenters. The van der Waals surface area contributed by atoms with Gasteiger partial charge in [-0.15, -0.1) is 0 Å². The van der Waals surface area contributed by atoms with Crippen LogP contribution < -0.4 is 0 Å². The van der Waals surface area contributed by atoms with Crippen molar-refractivity contribution in [3.05, 3.63) is 0 Å². The summed E-state index contributed by atoms with van der Waals surface area (Å²) in [5.74, 6) is -0.796. The van der Waals surface area contributed by atoms with E-state index in [1.807, 2.05) is 0 Å². The zero-order valence-electron chi connectivity index (χ0n) is 17.5. The van der Waals surface area contributed by atoms with Crippen LogP contribution in [0, 0.1) is 0 Å². The number of unbranched alkanes of at least 4 members (excludes halogenated alkanes) is 7. The van der Waals surface area contributed by atoms with Gasteiger partial charge in [-0.05, 0) is 12.8 Å². The third-order valence-corrected chi connectivity index (χ3v) is 4.05. The van der Waals surface area contributed by atoms with Crippen LogP contribution in [0.25, 0.3) is 0 Å². The molecule has 0 fully saturated rings. The molecular formula is C21H40O6. The molecule has 0 amide bonds. The van der Waals surface area contributed by atoms with Crippen LogP contribution in [0.3, 0.4) is 0 Å². The van der Waals surface area contributed by atoms with Crippen LogP contribution >= 0.6 is 0 Å². The molecule has 0 rings (SSSR count). The number of esters is 2. The maximum atomic E-state index is 11.5. The zero-order valence-corrected chi connectivity index (χ0v) is 17.5. The third-order valence-electron chi connectivity index (χ3n) is 4.05. The van der Waals surface area contributed by atoms with Crippen LogP contribution in [-0.2, 0) is 28.5 Å². The van der Waals surface area contributed by atoms with Gasteiger partial charge in [0.15, 0.2) is 0 Å². The van der Waals surface area contributed by atoms with E-state index in [0.29, 0.717) is 26.4 Å². The molecule has 0 radical (unpaired) electrons. The van der Waals surface area contributed by atoms with E-state index in [1.165, 1.54) is 44.9 Å². The maximum Gasteiger partial charge on any atom is 0.306 e. The second-order valence-electron chi connectivity index (χ2n) is 6.64. The molecule has 0 N–H and O–H groups in total. The molecule has 0 heterocycles. The van der Waals surface area contributed by atoms with Crippen molar-refractivity contribution >= 4 is 11.9 Å². The molecule has 6 heteroatoms. The lowest BCUT2D eigenvalue weighted by Crippen LogP contribution is -2.15. The summed E-state index contributed by atoms with van der Waals surface area (Å²) in [5.41, 5.74) is 0. The molecular weight excluding hydrogens is 348 g/mol. The van der Waals surface area contributed by atoms with Gasteiger partial charge in [0.2, 0.25) is 0 Å². The largest absolute Gasteiger partial charge is 0.463 e. The standard InChI is InChI=1S/C21H40O6/c1-3-5-7-9-11-15-25-17-19-27-21(23)13-12-20(22)26-18-16-24-14-10-8-6-4-2/h3-19H2,1-2H3. The summed E-state index contributed by atoms with van der Waals surface area (Å²) >= 11 is 0. The van der Waals surface area contributed by atoms with Crippen LogP contribution in [0.4, 0.5) is 0 Å². The van der Waals surface area contributed by atoms with Crippen molar-refractivity contribution < 1.29 is 28.5 Å². The fourth-order valence-electron chi connectivity index (χ4n) is 2.42. The van der Waals surface area contributed by atoms with Crippen LogP contribution in [-0.4, -0.2) is 51.6 Å². The first-order valence-electron chi connectivity index (χ1n) is 10.7. The molecule has 0 aliphatic carbocycles. The first-order chi connectivity index (χ1) is 13.2. The quantitative estimate of drug-likeness (QED) is 0.227. The van der Waals surface area contributed by atoms with Gasteiger partial charge in [-0.2, -0.15) is 0 Å². The second-order valence-corrected chi connectivity index (χ2v) is 6.64. The van der Waals surface area contributed by atoms with Gasteiger partial charge >= 0.3 is 11.9 Å². The lowest BCUT2D eigenvalue weighted by atomic mass is 10.2. The minimum Gasteiger partial charge on any atom is -0.463 e. The second kappa shape index (κ2) is 21.2. The van der Waals surface area contributed by atoms with Crippen molar-refractivity contribution in [3.63, 3.8) is 0 Å². The summed E-state index contributed by atoms with van der Waals surface area (Å²) < 4.78 is 20.9. The van der Waals surface area contributed by atoms with E-state index in [9.17, 15) is 9.59 Å². The highest BCUT2D eigenvalue weighted by atomic mass is 16.6. The number of rotatable bonds is 20. The lowest BCUT2D eigenvalue weighted by Gasteiger charge is -2.07. The first kappa shape index (κ1) is 25.9. The molecule has 27 heavy (non-hydrogen) atoms. The van der Waals surface area contributed by atoms with E-state index in [1.54, 1.807) is 0 Å². The van der Waals surface area contributed by atoms with Crippen molar-refractivity contribution in [1.29, 1.82) is 0 Å². The summed E-state index contributed by atoms with van der Waals surface area (Å²) in [7, 11) is 0. The van der Waals surface area contributed by atoms with Gasteiger partial charge in [-0.25, -0.2) is 0 Å². The topological polar surface area (TPSA) is 71.1 Å². The SMILES string of the molecule is CCCCCCCOCCOC(=O)CCC(=O)OCCOCCCCCC. The van der Waals surface area contributed by atoms with E-state index >= 15 is 0 Å². The summed E-state index contributed by atoms with van der Waals surface area (Å²) in [5, 5.41) is 0. The summed E-state index contributed by atoms with van der Waals surface area (Å²) in [6.45, 7) is 7.02. The normalized spacial score (nSPS) is 10.7. The zero-order chi connectivity index (χ0) is 20.0. The van der Waals surface area contributed by atoms with Crippen molar-refractivity contribution in [1.82, 2.24) is 0 Å². The van der Waals surface area contributed by atoms with Crippen LogP contribution in [0.2, 0.25) is 0 Å². The highest BCUT2D eigenvalue weighted by molar-refractivity contribution is 5.77. The molecule has 0 aromatic carbocycles. The van der Waals surface area contributed by atoms with E-state index < -0.39 is 11.9 Å². The molecule has 0 spiro atoms. The summed E-state index contributed by atoms with van der Waals surface area (Å²) in [4.78, 5) is 23.1. The minimum atomic E-state index is -0.398. The van der Waals surface area contributed by atoms with E-state index in [4.69, 9.17) is 18.9 Å². The average Bonchev–Trinajstić information content (AvgIpc) is 2.67. The molecule has 160 valence electrons. The monoisotopic (exact) mass is 388 g/mol. The number of carbonyl (C=O) groups excluding carboxylic acids is 2. The lowest BCUT2D eigenvalue weighted by molar-refractivity contribution is -0.151. The van der Waals surface area contributed by atoms with E-state index in [2.05, 4.69) is 13.8 Å². The Labute approximate surface area is 165 Å². The van der Waals surface area contributed by atoms with Crippen molar-refractivity contribution in [3.8, 4) is 0 Å². The fraction of sp³-hybridized carbons (Fsp3) is 0.905.